The fraction of sp³-hybridized carbons (Fsp3) is 0.222. The Morgan fingerprint density at radius 3 is 2.34 bits per heavy atom. The highest BCUT2D eigenvalue weighted by Crippen LogP contribution is 2.28. The zero-order valence-electron chi connectivity index (χ0n) is 19.3. The maximum absolute atomic E-state index is 13.4. The number of amides is 1. The molecule has 180 valence electrons. The Bertz CT molecular complexity index is 1270. The molecule has 0 spiro atoms. The first-order valence-electron chi connectivity index (χ1n) is 11.0. The molecular weight excluding hydrogens is 470 g/mol. The quantitative estimate of drug-likeness (QED) is 0.359. The average molecular weight is 494 g/mol. The summed E-state index contributed by atoms with van der Waals surface area (Å²) in [6.07, 6.45) is 0.266. The van der Waals surface area contributed by atoms with E-state index in [2.05, 4.69) is 0 Å². The lowest BCUT2D eigenvalue weighted by Crippen LogP contribution is -2.49. The highest BCUT2D eigenvalue weighted by atomic mass is 35.5. The van der Waals surface area contributed by atoms with Crippen molar-refractivity contribution in [2.24, 2.45) is 0 Å². The Balaban J connectivity index is 1.56. The van der Waals surface area contributed by atoms with E-state index in [0.29, 0.717) is 22.1 Å². The van der Waals surface area contributed by atoms with E-state index in [1.165, 1.54) is 25.2 Å². The SMILES string of the molecule is COc1ccc(OC)c(C(=O)COC(=O)C2Cc3ccccc3CN2C(=O)c2ccccc2Cl)c1. The van der Waals surface area contributed by atoms with Crippen LogP contribution in [0, 0.1) is 0 Å². The topological polar surface area (TPSA) is 82.1 Å². The predicted molar refractivity (Wildman–Crippen MR) is 130 cm³/mol. The molecule has 0 fully saturated rings. The molecule has 1 aliphatic heterocycles. The molecule has 1 aliphatic rings. The molecule has 0 aromatic heterocycles. The maximum atomic E-state index is 13.4. The van der Waals surface area contributed by atoms with Crippen LogP contribution in [0.4, 0.5) is 0 Å². The molecule has 0 saturated heterocycles. The van der Waals surface area contributed by atoms with Crippen LogP contribution in [0.15, 0.2) is 66.7 Å². The molecule has 1 atom stereocenters. The average Bonchev–Trinajstić information content (AvgIpc) is 2.90. The second kappa shape index (κ2) is 10.6. The normalized spacial score (nSPS) is 14.6. The van der Waals surface area contributed by atoms with Gasteiger partial charge in [0.2, 0.25) is 5.78 Å². The summed E-state index contributed by atoms with van der Waals surface area (Å²) < 4.78 is 15.9. The van der Waals surface area contributed by atoms with Crippen LogP contribution in [-0.2, 0) is 22.5 Å². The zero-order valence-corrected chi connectivity index (χ0v) is 20.1. The summed E-state index contributed by atoms with van der Waals surface area (Å²) in [7, 11) is 2.93. The number of halogens is 1. The van der Waals surface area contributed by atoms with Crippen molar-refractivity contribution in [3.05, 3.63) is 94.0 Å². The van der Waals surface area contributed by atoms with Gasteiger partial charge in [-0.25, -0.2) is 4.79 Å². The van der Waals surface area contributed by atoms with Gasteiger partial charge >= 0.3 is 5.97 Å². The molecule has 35 heavy (non-hydrogen) atoms. The summed E-state index contributed by atoms with van der Waals surface area (Å²) in [4.78, 5) is 40.9. The maximum Gasteiger partial charge on any atom is 0.329 e. The van der Waals surface area contributed by atoms with E-state index in [1.807, 2.05) is 24.3 Å². The molecule has 1 heterocycles. The van der Waals surface area contributed by atoms with Crippen molar-refractivity contribution >= 4 is 29.3 Å². The third-order valence-electron chi connectivity index (χ3n) is 5.94. The van der Waals surface area contributed by atoms with Gasteiger partial charge in [-0.2, -0.15) is 0 Å². The van der Waals surface area contributed by atoms with E-state index in [-0.39, 0.29) is 24.4 Å². The number of Topliss-reactive ketones (excluding diaryl/α,β-unsaturated/α-hetero) is 1. The van der Waals surface area contributed by atoms with E-state index in [4.69, 9.17) is 25.8 Å². The summed E-state index contributed by atoms with van der Waals surface area (Å²) in [6.45, 7) is -0.285. The summed E-state index contributed by atoms with van der Waals surface area (Å²) in [5.41, 5.74) is 2.41. The number of carbonyl (C=O) groups is 3. The van der Waals surface area contributed by atoms with Gasteiger partial charge in [0, 0.05) is 13.0 Å². The van der Waals surface area contributed by atoms with Gasteiger partial charge in [0.15, 0.2) is 6.61 Å². The number of ether oxygens (including phenoxy) is 3. The van der Waals surface area contributed by atoms with Crippen LogP contribution >= 0.6 is 11.6 Å². The first-order chi connectivity index (χ1) is 16.9. The third-order valence-corrected chi connectivity index (χ3v) is 6.27. The van der Waals surface area contributed by atoms with Gasteiger partial charge in [0.1, 0.15) is 17.5 Å². The molecule has 7 nitrogen and oxygen atoms in total. The van der Waals surface area contributed by atoms with Gasteiger partial charge in [-0.15, -0.1) is 0 Å². The first-order valence-corrected chi connectivity index (χ1v) is 11.3. The van der Waals surface area contributed by atoms with Gasteiger partial charge in [-0.3, -0.25) is 9.59 Å². The zero-order chi connectivity index (χ0) is 24.9. The third kappa shape index (κ3) is 5.15. The van der Waals surface area contributed by atoms with Crippen molar-refractivity contribution in [2.75, 3.05) is 20.8 Å². The molecule has 3 aromatic rings. The van der Waals surface area contributed by atoms with Crippen LogP contribution in [0.2, 0.25) is 5.02 Å². The van der Waals surface area contributed by atoms with Gasteiger partial charge in [-0.1, -0.05) is 48.0 Å². The number of rotatable bonds is 7. The van der Waals surface area contributed by atoms with Gasteiger partial charge in [0.05, 0.1) is 30.4 Å². The minimum Gasteiger partial charge on any atom is -0.497 e. The lowest BCUT2D eigenvalue weighted by atomic mass is 9.93. The Kier molecular flexibility index (Phi) is 7.36. The van der Waals surface area contributed by atoms with Gasteiger partial charge < -0.3 is 19.1 Å². The molecule has 3 aromatic carbocycles. The highest BCUT2D eigenvalue weighted by Gasteiger charge is 2.37. The Morgan fingerprint density at radius 2 is 1.63 bits per heavy atom. The number of carbonyl (C=O) groups excluding carboxylic acids is 3. The number of ketones is 1. The number of nitrogens with zero attached hydrogens (tertiary/aromatic N) is 1. The van der Waals surface area contributed by atoms with Crippen molar-refractivity contribution in [1.82, 2.24) is 4.90 Å². The molecule has 0 saturated carbocycles. The lowest BCUT2D eigenvalue weighted by Gasteiger charge is -2.35. The molecule has 8 heteroatoms. The molecule has 1 unspecified atom stereocenters. The number of methoxy groups -OCH3 is 2. The molecule has 0 radical (unpaired) electrons. The first kappa shape index (κ1) is 24.3. The number of esters is 1. The van der Waals surface area contributed by atoms with E-state index >= 15 is 0 Å². The van der Waals surface area contributed by atoms with Crippen molar-refractivity contribution in [3.63, 3.8) is 0 Å². The Labute approximate surface area is 208 Å². The smallest absolute Gasteiger partial charge is 0.329 e. The van der Waals surface area contributed by atoms with E-state index in [0.717, 1.165) is 11.1 Å². The van der Waals surface area contributed by atoms with Crippen LogP contribution < -0.4 is 9.47 Å². The van der Waals surface area contributed by atoms with Crippen molar-refractivity contribution in [3.8, 4) is 11.5 Å². The lowest BCUT2D eigenvalue weighted by molar-refractivity contribution is -0.148. The van der Waals surface area contributed by atoms with Crippen LogP contribution in [0.5, 0.6) is 11.5 Å². The molecule has 4 rings (SSSR count). The summed E-state index contributed by atoms with van der Waals surface area (Å²) in [6, 6.07) is 18.2. The van der Waals surface area contributed by atoms with Crippen molar-refractivity contribution < 1.29 is 28.6 Å². The fourth-order valence-electron chi connectivity index (χ4n) is 4.08. The van der Waals surface area contributed by atoms with E-state index < -0.39 is 24.4 Å². The summed E-state index contributed by atoms with van der Waals surface area (Å²) in [5.74, 6) is -0.688. The highest BCUT2D eigenvalue weighted by molar-refractivity contribution is 6.33. The molecule has 1 amide bonds. The second-order valence-corrected chi connectivity index (χ2v) is 8.41. The van der Waals surface area contributed by atoms with Gasteiger partial charge in [0.25, 0.3) is 5.91 Å². The Hall–Kier alpha value is -3.84. The monoisotopic (exact) mass is 493 g/mol. The van der Waals surface area contributed by atoms with E-state index in [1.54, 1.807) is 36.4 Å². The summed E-state index contributed by atoms with van der Waals surface area (Å²) >= 11 is 6.26. The molecule has 0 bridgehead atoms. The fourth-order valence-corrected chi connectivity index (χ4v) is 4.30. The standard InChI is InChI=1S/C27H24ClNO6/c1-33-19-11-12-25(34-2)21(14-19)24(30)16-35-27(32)23-13-17-7-3-4-8-18(17)15-29(23)26(31)20-9-5-6-10-22(20)28/h3-12,14,23H,13,15-16H2,1-2H3. The predicted octanol–water partition coefficient (Wildman–Crippen LogP) is 4.35. The van der Waals surface area contributed by atoms with Crippen LogP contribution in [0.1, 0.15) is 31.8 Å². The number of benzene rings is 3. The largest absolute Gasteiger partial charge is 0.497 e. The van der Waals surface area contributed by atoms with Crippen molar-refractivity contribution in [2.45, 2.75) is 19.0 Å². The number of hydrogen-bond donors (Lipinski definition) is 0. The van der Waals surface area contributed by atoms with Crippen LogP contribution in [0.25, 0.3) is 0 Å². The van der Waals surface area contributed by atoms with E-state index in [9.17, 15) is 14.4 Å². The number of hydrogen-bond acceptors (Lipinski definition) is 6. The summed E-state index contributed by atoms with van der Waals surface area (Å²) in [5, 5.41) is 0.295. The minimum absolute atomic E-state index is 0.220. The second-order valence-electron chi connectivity index (χ2n) is 8.00. The Morgan fingerprint density at radius 1 is 0.914 bits per heavy atom. The molecular formula is C27H24ClNO6. The van der Waals surface area contributed by atoms with Crippen LogP contribution in [0.3, 0.4) is 0 Å². The van der Waals surface area contributed by atoms with Crippen LogP contribution in [-0.4, -0.2) is 49.4 Å². The minimum atomic E-state index is -0.909. The number of fused-ring (bicyclic) bond motifs is 1. The molecule has 0 aliphatic carbocycles. The van der Waals surface area contributed by atoms with Gasteiger partial charge in [-0.05, 0) is 41.5 Å². The van der Waals surface area contributed by atoms with Crippen molar-refractivity contribution in [1.29, 1.82) is 0 Å². The molecule has 0 N–H and O–H groups in total.